The maximum Gasteiger partial charge on any atom is 0.109 e. The minimum atomic E-state index is 0.559. The zero-order chi connectivity index (χ0) is 10.3. The third kappa shape index (κ3) is 1.47. The van der Waals surface area contributed by atoms with Crippen molar-refractivity contribution in [2.75, 3.05) is 0 Å². The Balaban J connectivity index is 2.40. The van der Waals surface area contributed by atoms with E-state index < -0.39 is 0 Å². The van der Waals surface area contributed by atoms with Crippen molar-refractivity contribution in [1.29, 1.82) is 0 Å². The van der Waals surface area contributed by atoms with Gasteiger partial charge in [0.1, 0.15) is 5.82 Å². The van der Waals surface area contributed by atoms with Gasteiger partial charge in [-0.2, -0.15) is 0 Å². The molecule has 2 heterocycles. The first-order valence-corrected chi connectivity index (χ1v) is 5.65. The van der Waals surface area contributed by atoms with Gasteiger partial charge in [0.05, 0.1) is 5.69 Å². The van der Waals surface area contributed by atoms with E-state index in [1.54, 1.807) is 0 Å². The summed E-state index contributed by atoms with van der Waals surface area (Å²) in [6.45, 7) is 10.2. The van der Waals surface area contributed by atoms with E-state index in [0.717, 1.165) is 12.3 Å². The van der Waals surface area contributed by atoms with Crippen molar-refractivity contribution < 1.29 is 0 Å². The van der Waals surface area contributed by atoms with Crippen LogP contribution in [0.2, 0.25) is 0 Å². The van der Waals surface area contributed by atoms with Gasteiger partial charge in [0.2, 0.25) is 0 Å². The van der Waals surface area contributed by atoms with Crippen molar-refractivity contribution in [2.45, 2.75) is 53.0 Å². The van der Waals surface area contributed by atoms with Crippen LogP contribution in [0.4, 0.5) is 0 Å². The molecule has 0 aliphatic carbocycles. The second-order valence-electron chi connectivity index (χ2n) is 4.90. The fraction of sp³-hybridized carbons (Fsp3) is 0.750. The minimum Gasteiger partial charge on any atom is -0.332 e. The Morgan fingerprint density at radius 2 is 2.14 bits per heavy atom. The lowest BCUT2D eigenvalue weighted by molar-refractivity contribution is 0.405. The van der Waals surface area contributed by atoms with E-state index >= 15 is 0 Å². The molecule has 2 nitrogen and oxygen atoms in total. The second kappa shape index (κ2) is 3.41. The highest BCUT2D eigenvalue weighted by molar-refractivity contribution is 5.20. The molecule has 0 saturated carbocycles. The molecule has 1 atom stereocenters. The standard InChI is InChI=1S/C12H20N2/c1-8(2)12-10(4)14-6-5-9(3)7-11(14)13-12/h8-9H,5-7H2,1-4H3. The van der Waals surface area contributed by atoms with Crippen LogP contribution in [0.1, 0.15) is 50.3 Å². The topological polar surface area (TPSA) is 17.8 Å². The van der Waals surface area contributed by atoms with Gasteiger partial charge in [0.25, 0.3) is 0 Å². The Bertz CT molecular complexity index is 336. The number of fused-ring (bicyclic) bond motifs is 1. The summed E-state index contributed by atoms with van der Waals surface area (Å²) in [5, 5.41) is 0. The highest BCUT2D eigenvalue weighted by atomic mass is 15.1. The van der Waals surface area contributed by atoms with E-state index in [9.17, 15) is 0 Å². The molecule has 1 aromatic heterocycles. The van der Waals surface area contributed by atoms with Crippen LogP contribution in [0.5, 0.6) is 0 Å². The molecule has 0 N–H and O–H groups in total. The minimum absolute atomic E-state index is 0.559. The maximum absolute atomic E-state index is 4.76. The van der Waals surface area contributed by atoms with Crippen molar-refractivity contribution in [2.24, 2.45) is 5.92 Å². The molecule has 78 valence electrons. The van der Waals surface area contributed by atoms with Crippen LogP contribution < -0.4 is 0 Å². The molecule has 0 aromatic carbocycles. The average Bonchev–Trinajstić information content (AvgIpc) is 2.43. The molecule has 14 heavy (non-hydrogen) atoms. The van der Waals surface area contributed by atoms with E-state index in [0.29, 0.717) is 5.92 Å². The summed E-state index contributed by atoms with van der Waals surface area (Å²) in [5.74, 6) is 2.68. The van der Waals surface area contributed by atoms with E-state index in [2.05, 4.69) is 32.3 Å². The highest BCUT2D eigenvalue weighted by Gasteiger charge is 2.21. The number of nitrogens with zero attached hydrogens (tertiary/aromatic N) is 2. The van der Waals surface area contributed by atoms with Gasteiger partial charge in [0, 0.05) is 18.7 Å². The lowest BCUT2D eigenvalue weighted by atomic mass is 10.0. The zero-order valence-electron chi connectivity index (χ0n) is 9.67. The molecule has 1 unspecified atom stereocenters. The second-order valence-corrected chi connectivity index (χ2v) is 4.90. The molecule has 1 aliphatic rings. The molecule has 1 aliphatic heterocycles. The molecule has 0 spiro atoms. The average molecular weight is 192 g/mol. The fourth-order valence-corrected chi connectivity index (χ4v) is 2.37. The summed E-state index contributed by atoms with van der Waals surface area (Å²) in [6.07, 6.45) is 2.47. The number of hydrogen-bond donors (Lipinski definition) is 0. The summed E-state index contributed by atoms with van der Waals surface area (Å²) in [4.78, 5) is 4.76. The first-order valence-electron chi connectivity index (χ1n) is 5.65. The van der Waals surface area contributed by atoms with Crippen LogP contribution in [0, 0.1) is 12.8 Å². The lowest BCUT2D eigenvalue weighted by Gasteiger charge is -2.20. The van der Waals surface area contributed by atoms with E-state index in [4.69, 9.17) is 4.98 Å². The van der Waals surface area contributed by atoms with Gasteiger partial charge < -0.3 is 4.57 Å². The molecule has 2 heteroatoms. The molecule has 1 aromatic rings. The molecular formula is C12H20N2. The predicted octanol–water partition coefficient (Wildman–Crippen LogP) is 2.90. The van der Waals surface area contributed by atoms with E-state index in [1.807, 2.05) is 0 Å². The van der Waals surface area contributed by atoms with Crippen LogP contribution in [0.3, 0.4) is 0 Å². The third-order valence-corrected chi connectivity index (χ3v) is 3.26. The molecule has 0 fully saturated rings. The zero-order valence-corrected chi connectivity index (χ0v) is 9.67. The van der Waals surface area contributed by atoms with Gasteiger partial charge in [0.15, 0.2) is 0 Å². The normalized spacial score (nSPS) is 21.4. The van der Waals surface area contributed by atoms with Gasteiger partial charge in [-0.1, -0.05) is 20.8 Å². The van der Waals surface area contributed by atoms with Crippen LogP contribution in [-0.4, -0.2) is 9.55 Å². The van der Waals surface area contributed by atoms with E-state index in [1.165, 1.54) is 30.2 Å². The van der Waals surface area contributed by atoms with Gasteiger partial charge in [-0.05, 0) is 25.2 Å². The Labute approximate surface area is 86.3 Å². The van der Waals surface area contributed by atoms with Gasteiger partial charge in [-0.15, -0.1) is 0 Å². The van der Waals surface area contributed by atoms with Crippen LogP contribution in [0.25, 0.3) is 0 Å². The van der Waals surface area contributed by atoms with Gasteiger partial charge in [-0.3, -0.25) is 0 Å². The fourth-order valence-electron chi connectivity index (χ4n) is 2.37. The van der Waals surface area contributed by atoms with Crippen molar-refractivity contribution in [3.8, 4) is 0 Å². The molecule has 0 amide bonds. The Morgan fingerprint density at radius 3 is 2.79 bits per heavy atom. The summed E-state index contributed by atoms with van der Waals surface area (Å²) >= 11 is 0. The number of rotatable bonds is 1. The lowest BCUT2D eigenvalue weighted by Crippen LogP contribution is -2.18. The largest absolute Gasteiger partial charge is 0.332 e. The third-order valence-electron chi connectivity index (χ3n) is 3.26. The molecule has 0 saturated heterocycles. The van der Waals surface area contributed by atoms with Crippen molar-refractivity contribution in [1.82, 2.24) is 9.55 Å². The van der Waals surface area contributed by atoms with Crippen molar-refractivity contribution in [3.63, 3.8) is 0 Å². The predicted molar refractivity (Wildman–Crippen MR) is 58.5 cm³/mol. The number of imidazole rings is 1. The van der Waals surface area contributed by atoms with Crippen molar-refractivity contribution in [3.05, 3.63) is 17.2 Å². The first kappa shape index (κ1) is 9.75. The van der Waals surface area contributed by atoms with Crippen LogP contribution in [0.15, 0.2) is 0 Å². The summed E-state index contributed by atoms with van der Waals surface area (Å²) < 4.78 is 2.41. The highest BCUT2D eigenvalue weighted by Crippen LogP contribution is 2.26. The van der Waals surface area contributed by atoms with Crippen LogP contribution in [-0.2, 0) is 13.0 Å². The van der Waals surface area contributed by atoms with E-state index in [-0.39, 0.29) is 0 Å². The molecule has 0 bridgehead atoms. The van der Waals surface area contributed by atoms with Crippen molar-refractivity contribution >= 4 is 0 Å². The SMILES string of the molecule is Cc1c(C(C)C)nc2n1CCC(C)C2. The smallest absolute Gasteiger partial charge is 0.109 e. The quantitative estimate of drug-likeness (QED) is 0.669. The van der Waals surface area contributed by atoms with Gasteiger partial charge >= 0.3 is 0 Å². The monoisotopic (exact) mass is 192 g/mol. The maximum atomic E-state index is 4.76. The Kier molecular flexibility index (Phi) is 2.38. The summed E-state index contributed by atoms with van der Waals surface area (Å²) in [7, 11) is 0. The van der Waals surface area contributed by atoms with Gasteiger partial charge in [-0.25, -0.2) is 4.98 Å². The van der Waals surface area contributed by atoms with Crippen LogP contribution >= 0.6 is 0 Å². The summed E-state index contributed by atoms with van der Waals surface area (Å²) in [5.41, 5.74) is 2.69. The molecular weight excluding hydrogens is 172 g/mol. The Hall–Kier alpha value is -0.790. The number of hydrogen-bond acceptors (Lipinski definition) is 1. The molecule has 0 radical (unpaired) electrons. The molecule has 2 rings (SSSR count). The Morgan fingerprint density at radius 1 is 1.43 bits per heavy atom. The summed E-state index contributed by atoms with van der Waals surface area (Å²) in [6, 6.07) is 0. The first-order chi connectivity index (χ1) is 6.59. The number of aromatic nitrogens is 2.